The predicted octanol–water partition coefficient (Wildman–Crippen LogP) is 3.90. The molecular formula is C19H11BrClN3O3. The van der Waals surface area contributed by atoms with Crippen LogP contribution in [0.25, 0.3) is 17.3 Å². The SMILES string of the molecule is O=c1[nH]c(=O)n(-c2cccc(Cl)c2)c(O)c1/C=C1\C=Nc2ccc(Br)cc21. The van der Waals surface area contributed by atoms with Crippen molar-refractivity contribution in [3.05, 3.63) is 83.9 Å². The van der Waals surface area contributed by atoms with E-state index < -0.39 is 17.1 Å². The van der Waals surface area contributed by atoms with E-state index in [9.17, 15) is 14.7 Å². The van der Waals surface area contributed by atoms with Gasteiger partial charge >= 0.3 is 5.69 Å². The minimum Gasteiger partial charge on any atom is -0.494 e. The van der Waals surface area contributed by atoms with Gasteiger partial charge in [-0.15, -0.1) is 0 Å². The summed E-state index contributed by atoms with van der Waals surface area (Å²) in [5.74, 6) is -0.477. The highest BCUT2D eigenvalue weighted by Gasteiger charge is 2.18. The molecule has 2 N–H and O–H groups in total. The zero-order valence-corrected chi connectivity index (χ0v) is 16.0. The highest BCUT2D eigenvalue weighted by Crippen LogP contribution is 2.35. The van der Waals surface area contributed by atoms with Gasteiger partial charge in [0, 0.05) is 26.8 Å². The van der Waals surface area contributed by atoms with Gasteiger partial charge in [0.2, 0.25) is 5.88 Å². The van der Waals surface area contributed by atoms with Crippen LogP contribution in [0.1, 0.15) is 11.1 Å². The topological polar surface area (TPSA) is 87.5 Å². The first kappa shape index (κ1) is 17.5. The number of allylic oxidation sites excluding steroid dienone is 1. The highest BCUT2D eigenvalue weighted by molar-refractivity contribution is 9.10. The molecule has 0 amide bonds. The number of rotatable bonds is 2. The first-order valence-electron chi connectivity index (χ1n) is 7.84. The van der Waals surface area contributed by atoms with Crippen LogP contribution in [0.2, 0.25) is 5.02 Å². The lowest BCUT2D eigenvalue weighted by Crippen LogP contribution is -2.30. The molecule has 134 valence electrons. The van der Waals surface area contributed by atoms with Gasteiger partial charge in [0.15, 0.2) is 0 Å². The molecule has 0 saturated carbocycles. The van der Waals surface area contributed by atoms with Gasteiger partial charge in [-0.1, -0.05) is 33.6 Å². The maximum Gasteiger partial charge on any atom is 0.335 e. The van der Waals surface area contributed by atoms with E-state index >= 15 is 0 Å². The van der Waals surface area contributed by atoms with Crippen LogP contribution in [-0.2, 0) is 0 Å². The second-order valence-corrected chi connectivity index (χ2v) is 7.18. The summed E-state index contributed by atoms with van der Waals surface area (Å²) in [5.41, 5.74) is 1.04. The van der Waals surface area contributed by atoms with E-state index in [-0.39, 0.29) is 5.56 Å². The molecule has 1 aromatic heterocycles. The molecule has 0 fully saturated rings. The van der Waals surface area contributed by atoms with Crippen LogP contribution in [-0.4, -0.2) is 20.9 Å². The van der Waals surface area contributed by atoms with Crippen LogP contribution in [0.15, 0.2) is 61.5 Å². The zero-order valence-electron chi connectivity index (χ0n) is 13.6. The number of aromatic hydroxyl groups is 1. The van der Waals surface area contributed by atoms with Gasteiger partial charge < -0.3 is 5.11 Å². The van der Waals surface area contributed by atoms with E-state index in [1.54, 1.807) is 24.4 Å². The minimum absolute atomic E-state index is 0.0520. The van der Waals surface area contributed by atoms with Crippen molar-refractivity contribution in [1.82, 2.24) is 9.55 Å². The molecule has 27 heavy (non-hydrogen) atoms. The lowest BCUT2D eigenvalue weighted by Gasteiger charge is -2.10. The average Bonchev–Trinajstić information content (AvgIpc) is 3.00. The first-order valence-corrected chi connectivity index (χ1v) is 9.01. The highest BCUT2D eigenvalue weighted by atomic mass is 79.9. The van der Waals surface area contributed by atoms with E-state index in [2.05, 4.69) is 25.9 Å². The Morgan fingerprint density at radius 1 is 1.19 bits per heavy atom. The zero-order chi connectivity index (χ0) is 19.1. The Morgan fingerprint density at radius 3 is 2.78 bits per heavy atom. The molecule has 0 bridgehead atoms. The van der Waals surface area contributed by atoms with Crippen LogP contribution in [0.4, 0.5) is 5.69 Å². The van der Waals surface area contributed by atoms with Gasteiger partial charge in [-0.05, 0) is 42.5 Å². The molecule has 1 aliphatic heterocycles. The van der Waals surface area contributed by atoms with Crippen LogP contribution >= 0.6 is 27.5 Å². The Kier molecular flexibility index (Phi) is 4.33. The quantitative estimate of drug-likeness (QED) is 0.628. The summed E-state index contributed by atoms with van der Waals surface area (Å²) in [6.45, 7) is 0. The number of hydrogen-bond acceptors (Lipinski definition) is 4. The molecule has 0 aliphatic carbocycles. The fraction of sp³-hybridized carbons (Fsp3) is 0. The number of nitrogens with one attached hydrogen (secondary N) is 1. The molecule has 0 atom stereocenters. The number of fused-ring (bicyclic) bond motifs is 1. The molecule has 6 nitrogen and oxygen atoms in total. The molecule has 3 aromatic rings. The van der Waals surface area contributed by atoms with Crippen molar-refractivity contribution >= 4 is 51.1 Å². The van der Waals surface area contributed by atoms with Gasteiger partial charge in [0.1, 0.15) is 5.56 Å². The van der Waals surface area contributed by atoms with Crippen molar-refractivity contribution in [2.45, 2.75) is 0 Å². The number of aromatic nitrogens is 2. The number of halogens is 2. The number of aromatic amines is 1. The van der Waals surface area contributed by atoms with Gasteiger partial charge in [0.05, 0.1) is 11.4 Å². The smallest absolute Gasteiger partial charge is 0.335 e. The molecule has 8 heteroatoms. The fourth-order valence-electron chi connectivity index (χ4n) is 2.85. The Labute approximate surface area is 166 Å². The molecule has 0 unspecified atom stereocenters. The summed E-state index contributed by atoms with van der Waals surface area (Å²) in [6, 6.07) is 12.0. The molecule has 1 aliphatic rings. The molecule has 0 saturated heterocycles. The first-order chi connectivity index (χ1) is 12.9. The van der Waals surface area contributed by atoms with Crippen molar-refractivity contribution in [2.24, 2.45) is 4.99 Å². The molecular weight excluding hydrogens is 434 g/mol. The Bertz CT molecular complexity index is 1260. The van der Waals surface area contributed by atoms with E-state index in [1.807, 2.05) is 18.2 Å². The molecule has 2 heterocycles. The van der Waals surface area contributed by atoms with Crippen molar-refractivity contribution in [2.75, 3.05) is 0 Å². The lowest BCUT2D eigenvalue weighted by atomic mass is 10.1. The summed E-state index contributed by atoms with van der Waals surface area (Å²) < 4.78 is 1.85. The minimum atomic E-state index is -0.759. The number of aliphatic imine (C=N–C) groups is 1. The summed E-state index contributed by atoms with van der Waals surface area (Å²) in [4.78, 5) is 31.1. The fourth-order valence-corrected chi connectivity index (χ4v) is 3.40. The summed E-state index contributed by atoms with van der Waals surface area (Å²) >= 11 is 9.38. The Balaban J connectivity index is 1.93. The largest absolute Gasteiger partial charge is 0.494 e. The van der Waals surface area contributed by atoms with Gasteiger partial charge in [-0.3, -0.25) is 14.8 Å². The van der Waals surface area contributed by atoms with Crippen molar-refractivity contribution in [1.29, 1.82) is 0 Å². The Morgan fingerprint density at radius 2 is 2.00 bits per heavy atom. The standard InChI is InChI=1S/C19H11BrClN3O3/c20-11-4-5-16-14(7-11)10(9-22-16)6-15-17(25)23-19(27)24(18(15)26)13-3-1-2-12(21)8-13/h1-9,26H,(H,23,25,27)/b10-6+. The van der Waals surface area contributed by atoms with Crippen LogP contribution in [0.5, 0.6) is 5.88 Å². The van der Waals surface area contributed by atoms with Gasteiger partial charge in [0.25, 0.3) is 5.56 Å². The summed E-state index contributed by atoms with van der Waals surface area (Å²) in [7, 11) is 0. The van der Waals surface area contributed by atoms with Crippen LogP contribution in [0, 0.1) is 0 Å². The number of hydrogen-bond donors (Lipinski definition) is 2. The maximum atomic E-state index is 12.3. The third kappa shape index (κ3) is 3.15. The van der Waals surface area contributed by atoms with Crippen molar-refractivity contribution < 1.29 is 5.11 Å². The normalized spacial score (nSPS) is 13.9. The van der Waals surface area contributed by atoms with Gasteiger partial charge in [-0.25, -0.2) is 9.36 Å². The number of nitrogens with zero attached hydrogens (tertiary/aromatic N) is 2. The number of H-pyrrole nitrogens is 1. The monoisotopic (exact) mass is 443 g/mol. The van der Waals surface area contributed by atoms with E-state index in [1.165, 1.54) is 12.1 Å². The van der Waals surface area contributed by atoms with E-state index in [0.717, 1.165) is 20.3 Å². The lowest BCUT2D eigenvalue weighted by molar-refractivity contribution is 0.429. The summed E-state index contributed by atoms with van der Waals surface area (Å²) in [5, 5.41) is 11.1. The molecule has 0 radical (unpaired) electrons. The van der Waals surface area contributed by atoms with Crippen LogP contribution in [0.3, 0.4) is 0 Å². The Hall–Kier alpha value is -2.90. The second-order valence-electron chi connectivity index (χ2n) is 5.83. The van der Waals surface area contributed by atoms with Crippen molar-refractivity contribution in [3.8, 4) is 11.6 Å². The number of benzene rings is 2. The van der Waals surface area contributed by atoms with Crippen molar-refractivity contribution in [3.63, 3.8) is 0 Å². The molecule has 2 aromatic carbocycles. The third-order valence-corrected chi connectivity index (χ3v) is 4.83. The average molecular weight is 445 g/mol. The second kappa shape index (κ2) is 6.68. The summed E-state index contributed by atoms with van der Waals surface area (Å²) in [6.07, 6.45) is 3.10. The third-order valence-electron chi connectivity index (χ3n) is 4.10. The molecule has 0 spiro atoms. The van der Waals surface area contributed by atoms with E-state index in [4.69, 9.17) is 11.6 Å². The molecule has 4 rings (SSSR count). The van der Waals surface area contributed by atoms with Crippen LogP contribution < -0.4 is 11.2 Å². The van der Waals surface area contributed by atoms with E-state index in [0.29, 0.717) is 16.3 Å². The van der Waals surface area contributed by atoms with Gasteiger partial charge in [-0.2, -0.15) is 0 Å². The maximum absolute atomic E-state index is 12.3. The predicted molar refractivity (Wildman–Crippen MR) is 109 cm³/mol.